The van der Waals surface area contributed by atoms with E-state index >= 15 is 0 Å². The molecule has 2 rings (SSSR count). The second-order valence-corrected chi connectivity index (χ2v) is 5.05. The maximum absolute atomic E-state index is 9.69. The highest BCUT2D eigenvalue weighted by Gasteiger charge is 2.18. The number of hydrogen-bond donors (Lipinski definition) is 1. The smallest absolute Gasteiger partial charge is 0.161 e. The highest BCUT2D eigenvalue weighted by Crippen LogP contribution is 2.28. The van der Waals surface area contributed by atoms with Crippen molar-refractivity contribution < 1.29 is 9.84 Å². The Kier molecular flexibility index (Phi) is 4.48. The first-order valence-electron chi connectivity index (χ1n) is 6.89. The normalized spacial score (nSPS) is 20.9. The largest absolute Gasteiger partial charge is 0.504 e. The number of phenols is 1. The Morgan fingerprint density at radius 1 is 1.39 bits per heavy atom. The number of hydrogen-bond acceptors (Lipinski definition) is 3. The Bertz CT molecular complexity index is 392. The van der Waals surface area contributed by atoms with Crippen molar-refractivity contribution in [2.75, 3.05) is 13.2 Å². The zero-order valence-corrected chi connectivity index (χ0v) is 11.4. The molecule has 100 valence electrons. The molecule has 0 aromatic heterocycles. The molecule has 0 bridgehead atoms. The standard InChI is InChI=1S/C15H23NO2/c1-3-18-15-10-13(7-8-14(15)17)11-16-9-5-4-6-12(16)2/h7-8,10,12,17H,3-6,9,11H2,1-2H3. The third kappa shape index (κ3) is 3.16. The third-order valence-corrected chi connectivity index (χ3v) is 3.65. The molecule has 1 aliphatic heterocycles. The Morgan fingerprint density at radius 3 is 2.94 bits per heavy atom. The van der Waals surface area contributed by atoms with Crippen molar-refractivity contribution in [3.05, 3.63) is 23.8 Å². The van der Waals surface area contributed by atoms with Crippen molar-refractivity contribution >= 4 is 0 Å². The van der Waals surface area contributed by atoms with E-state index in [0.717, 1.165) is 6.54 Å². The van der Waals surface area contributed by atoms with Gasteiger partial charge in [0.05, 0.1) is 6.61 Å². The second kappa shape index (κ2) is 6.10. The van der Waals surface area contributed by atoms with Gasteiger partial charge in [-0.2, -0.15) is 0 Å². The van der Waals surface area contributed by atoms with Gasteiger partial charge in [0.15, 0.2) is 11.5 Å². The van der Waals surface area contributed by atoms with Gasteiger partial charge in [0.2, 0.25) is 0 Å². The first-order valence-corrected chi connectivity index (χ1v) is 6.89. The minimum Gasteiger partial charge on any atom is -0.504 e. The Hall–Kier alpha value is -1.22. The van der Waals surface area contributed by atoms with Crippen molar-refractivity contribution in [2.24, 2.45) is 0 Å². The van der Waals surface area contributed by atoms with Crippen LogP contribution >= 0.6 is 0 Å². The van der Waals surface area contributed by atoms with E-state index in [1.165, 1.54) is 31.4 Å². The van der Waals surface area contributed by atoms with Gasteiger partial charge >= 0.3 is 0 Å². The van der Waals surface area contributed by atoms with Gasteiger partial charge in [-0.15, -0.1) is 0 Å². The lowest BCUT2D eigenvalue weighted by molar-refractivity contribution is 0.152. The summed E-state index contributed by atoms with van der Waals surface area (Å²) in [6, 6.07) is 6.33. The third-order valence-electron chi connectivity index (χ3n) is 3.65. The molecule has 1 N–H and O–H groups in total. The maximum atomic E-state index is 9.69. The van der Waals surface area contributed by atoms with Crippen LogP contribution in [0.25, 0.3) is 0 Å². The molecular formula is C15H23NO2. The van der Waals surface area contributed by atoms with Crippen molar-refractivity contribution in [1.29, 1.82) is 0 Å². The summed E-state index contributed by atoms with van der Waals surface area (Å²) < 4.78 is 5.42. The predicted octanol–water partition coefficient (Wildman–Crippen LogP) is 3.17. The fourth-order valence-corrected chi connectivity index (χ4v) is 2.56. The number of piperidine rings is 1. The molecule has 1 atom stereocenters. The van der Waals surface area contributed by atoms with Gasteiger partial charge in [0.25, 0.3) is 0 Å². The predicted molar refractivity (Wildman–Crippen MR) is 73.0 cm³/mol. The molecule has 3 nitrogen and oxygen atoms in total. The van der Waals surface area contributed by atoms with Gasteiger partial charge in [-0.25, -0.2) is 0 Å². The van der Waals surface area contributed by atoms with E-state index in [2.05, 4.69) is 11.8 Å². The SMILES string of the molecule is CCOc1cc(CN2CCCCC2C)ccc1O. The van der Waals surface area contributed by atoms with Crippen molar-refractivity contribution in [3.8, 4) is 11.5 Å². The molecule has 1 aliphatic rings. The summed E-state index contributed by atoms with van der Waals surface area (Å²) in [6.07, 6.45) is 3.93. The molecule has 1 aromatic rings. The Morgan fingerprint density at radius 2 is 2.22 bits per heavy atom. The molecule has 18 heavy (non-hydrogen) atoms. The highest BCUT2D eigenvalue weighted by atomic mass is 16.5. The molecule has 1 saturated heterocycles. The van der Waals surface area contributed by atoms with Crippen LogP contribution in [-0.4, -0.2) is 29.2 Å². The van der Waals surface area contributed by atoms with Crippen LogP contribution in [0.15, 0.2) is 18.2 Å². The lowest BCUT2D eigenvalue weighted by Crippen LogP contribution is -2.36. The maximum Gasteiger partial charge on any atom is 0.161 e. The fourth-order valence-electron chi connectivity index (χ4n) is 2.56. The van der Waals surface area contributed by atoms with Gasteiger partial charge < -0.3 is 9.84 Å². The van der Waals surface area contributed by atoms with Crippen LogP contribution in [0.2, 0.25) is 0 Å². The number of rotatable bonds is 4. The lowest BCUT2D eigenvalue weighted by Gasteiger charge is -2.33. The first kappa shape index (κ1) is 13.2. The molecule has 1 heterocycles. The second-order valence-electron chi connectivity index (χ2n) is 5.05. The minimum atomic E-state index is 0.229. The molecule has 0 radical (unpaired) electrons. The van der Waals surface area contributed by atoms with Crippen LogP contribution in [-0.2, 0) is 6.54 Å². The monoisotopic (exact) mass is 249 g/mol. The van der Waals surface area contributed by atoms with Crippen LogP contribution in [0, 0.1) is 0 Å². The quantitative estimate of drug-likeness (QED) is 0.889. The summed E-state index contributed by atoms with van der Waals surface area (Å²) in [6.45, 7) is 6.92. The lowest BCUT2D eigenvalue weighted by atomic mass is 10.0. The number of phenolic OH excluding ortho intramolecular Hbond substituents is 1. The molecule has 1 aromatic carbocycles. The van der Waals surface area contributed by atoms with E-state index in [-0.39, 0.29) is 5.75 Å². The van der Waals surface area contributed by atoms with Crippen molar-refractivity contribution in [1.82, 2.24) is 4.90 Å². The van der Waals surface area contributed by atoms with E-state index in [4.69, 9.17) is 4.74 Å². The molecule has 0 aliphatic carbocycles. The summed E-state index contributed by atoms with van der Waals surface area (Å²) in [5.74, 6) is 0.826. The van der Waals surface area contributed by atoms with Crippen LogP contribution in [0.4, 0.5) is 0 Å². The van der Waals surface area contributed by atoms with E-state index < -0.39 is 0 Å². The molecule has 0 amide bonds. The topological polar surface area (TPSA) is 32.7 Å². The van der Waals surface area contributed by atoms with Crippen molar-refractivity contribution in [3.63, 3.8) is 0 Å². The van der Waals surface area contributed by atoms with Crippen LogP contribution in [0.5, 0.6) is 11.5 Å². The molecule has 0 saturated carbocycles. The van der Waals surface area contributed by atoms with E-state index in [0.29, 0.717) is 18.4 Å². The number of aromatic hydroxyl groups is 1. The summed E-state index contributed by atoms with van der Waals surface area (Å²) in [7, 11) is 0. The average molecular weight is 249 g/mol. The van der Waals surface area contributed by atoms with Gasteiger partial charge in [0.1, 0.15) is 0 Å². The van der Waals surface area contributed by atoms with Gasteiger partial charge in [0, 0.05) is 12.6 Å². The number of benzene rings is 1. The van der Waals surface area contributed by atoms with Gasteiger partial charge in [-0.05, 0) is 50.9 Å². The summed E-state index contributed by atoms with van der Waals surface area (Å²) >= 11 is 0. The van der Waals surface area contributed by atoms with Gasteiger partial charge in [-0.3, -0.25) is 4.90 Å². The van der Waals surface area contributed by atoms with E-state index in [1.54, 1.807) is 6.07 Å². The fraction of sp³-hybridized carbons (Fsp3) is 0.600. The van der Waals surface area contributed by atoms with Crippen LogP contribution in [0.3, 0.4) is 0 Å². The number of ether oxygens (including phenoxy) is 1. The molecule has 0 spiro atoms. The number of likely N-dealkylation sites (tertiary alicyclic amines) is 1. The highest BCUT2D eigenvalue weighted by molar-refractivity contribution is 5.41. The summed E-state index contributed by atoms with van der Waals surface area (Å²) in [4.78, 5) is 2.51. The van der Waals surface area contributed by atoms with E-state index in [9.17, 15) is 5.11 Å². The average Bonchev–Trinajstić information content (AvgIpc) is 2.36. The van der Waals surface area contributed by atoms with Crippen LogP contribution in [0.1, 0.15) is 38.7 Å². The zero-order valence-electron chi connectivity index (χ0n) is 11.4. The minimum absolute atomic E-state index is 0.229. The first-order chi connectivity index (χ1) is 8.70. The number of nitrogens with zero attached hydrogens (tertiary/aromatic N) is 1. The molecular weight excluding hydrogens is 226 g/mol. The van der Waals surface area contributed by atoms with Crippen LogP contribution < -0.4 is 4.74 Å². The molecule has 1 unspecified atom stereocenters. The Labute approximate surface area is 109 Å². The summed E-state index contributed by atoms with van der Waals surface area (Å²) in [5, 5.41) is 9.69. The van der Waals surface area contributed by atoms with E-state index in [1.807, 2.05) is 19.1 Å². The Balaban J connectivity index is 2.06. The molecule has 3 heteroatoms. The molecule has 1 fully saturated rings. The zero-order chi connectivity index (χ0) is 13.0. The summed E-state index contributed by atoms with van der Waals surface area (Å²) in [5.41, 5.74) is 1.21. The van der Waals surface area contributed by atoms with Crippen molar-refractivity contribution in [2.45, 2.75) is 45.7 Å². The van der Waals surface area contributed by atoms with Gasteiger partial charge in [-0.1, -0.05) is 12.5 Å².